The number of methoxy groups -OCH3 is 2. The molecule has 0 aromatic rings. The van der Waals surface area contributed by atoms with Crippen molar-refractivity contribution in [3.63, 3.8) is 0 Å². The minimum absolute atomic E-state index is 0.349. The average Bonchev–Trinajstić information content (AvgIpc) is 2.03. The van der Waals surface area contributed by atoms with Crippen molar-refractivity contribution >= 4 is 15.9 Å². The molecule has 0 aliphatic rings. The molecule has 0 spiro atoms. The van der Waals surface area contributed by atoms with E-state index in [0.717, 1.165) is 0 Å². The molecule has 0 N–H and O–H groups in total. The van der Waals surface area contributed by atoms with Crippen molar-refractivity contribution in [2.75, 3.05) is 40.6 Å². The highest BCUT2D eigenvalue weighted by molar-refractivity contribution is 6.17. The second-order valence-electron chi connectivity index (χ2n) is 1.82. The third-order valence-electron chi connectivity index (χ3n) is 0.947. The van der Waals surface area contributed by atoms with Crippen molar-refractivity contribution < 1.29 is 17.1 Å². The second kappa shape index (κ2) is 10.4. The zero-order valence-electron chi connectivity index (χ0n) is 7.04. The molecule has 66 valence electrons. The molecule has 0 aliphatic heterocycles. The van der Waals surface area contributed by atoms with Gasteiger partial charge >= 0.3 is 0 Å². The van der Waals surface area contributed by atoms with Crippen LogP contribution in [0.3, 0.4) is 0 Å². The Morgan fingerprint density at radius 2 is 1.27 bits per heavy atom. The highest BCUT2D eigenvalue weighted by atomic mass is 27.2. The van der Waals surface area contributed by atoms with Gasteiger partial charge in [0.05, 0.1) is 13.2 Å². The van der Waals surface area contributed by atoms with Crippen LogP contribution in [0, 0.1) is 0 Å². The molecule has 0 atom stereocenters. The van der Waals surface area contributed by atoms with E-state index in [9.17, 15) is 0 Å². The first-order valence-corrected chi connectivity index (χ1v) is 4.39. The van der Waals surface area contributed by atoms with Gasteiger partial charge in [0.25, 0.3) is 0 Å². The number of hydrogen-bond acceptors (Lipinski definition) is 4. The maximum Gasteiger partial charge on any atom is 0.136 e. The molecule has 0 saturated heterocycles. The van der Waals surface area contributed by atoms with Crippen LogP contribution in [-0.2, 0) is 17.1 Å². The van der Waals surface area contributed by atoms with Gasteiger partial charge in [0.2, 0.25) is 0 Å². The van der Waals surface area contributed by atoms with E-state index in [1.54, 1.807) is 14.2 Å². The largest absolute Gasteiger partial charge is 0.677 e. The average molecular weight is 177 g/mol. The first-order chi connectivity index (χ1) is 5.41. The predicted molar refractivity (Wildman–Crippen MR) is 41.4 cm³/mol. The number of ether oxygens (including phenoxy) is 2. The number of hydrogen-bond donors (Lipinski definition) is 0. The lowest BCUT2D eigenvalue weighted by atomic mass is 10.8. The molecule has 0 unspecified atom stereocenters. The summed E-state index contributed by atoms with van der Waals surface area (Å²) in [7, 11) is 3.29. The van der Waals surface area contributed by atoms with Crippen molar-refractivity contribution in [1.29, 1.82) is 0 Å². The van der Waals surface area contributed by atoms with Gasteiger partial charge in [-0.3, -0.25) is 0 Å². The topological polar surface area (TPSA) is 36.9 Å². The van der Waals surface area contributed by atoms with E-state index in [0.29, 0.717) is 26.4 Å². The van der Waals surface area contributed by atoms with Crippen molar-refractivity contribution in [2.45, 2.75) is 0 Å². The summed E-state index contributed by atoms with van der Waals surface area (Å²) in [6.07, 6.45) is 0. The van der Waals surface area contributed by atoms with Crippen LogP contribution in [0.5, 0.6) is 0 Å². The monoisotopic (exact) mass is 177 g/mol. The summed E-state index contributed by atoms with van der Waals surface area (Å²) in [6.45, 7) is 2.47. The summed E-state index contributed by atoms with van der Waals surface area (Å²) in [5.41, 5.74) is 0. The van der Waals surface area contributed by atoms with Gasteiger partial charge in [-0.25, -0.2) is 0 Å². The summed E-state index contributed by atoms with van der Waals surface area (Å²) in [5, 5.41) is 0. The molecule has 0 heterocycles. The van der Waals surface area contributed by atoms with Crippen molar-refractivity contribution in [3.05, 3.63) is 0 Å². The van der Waals surface area contributed by atoms with Crippen LogP contribution in [0.2, 0.25) is 0 Å². The lowest BCUT2D eigenvalue weighted by Gasteiger charge is -2.19. The Morgan fingerprint density at radius 3 is 1.64 bits per heavy atom. The summed E-state index contributed by atoms with van der Waals surface area (Å²) >= 11 is -0.349. The van der Waals surface area contributed by atoms with Crippen LogP contribution < -0.4 is 0 Å². The standard InChI is InChI=1S/2C3H7O2.Al/c2*1-5-3-2-4;/h2*2-3H2,1H3;/q2*-1;+1. The Bertz CT molecular complexity index is 63.6. The smallest absolute Gasteiger partial charge is 0.136 e. The molecule has 2 radical (unpaired) electrons. The molecule has 0 aromatic carbocycles. The van der Waals surface area contributed by atoms with E-state index in [-0.39, 0.29) is 15.9 Å². The highest BCUT2D eigenvalue weighted by Crippen LogP contribution is 1.76. The molecule has 11 heavy (non-hydrogen) atoms. The summed E-state index contributed by atoms with van der Waals surface area (Å²) in [5.74, 6) is 0. The first-order valence-electron chi connectivity index (χ1n) is 3.44. The van der Waals surface area contributed by atoms with Gasteiger partial charge in [0.1, 0.15) is 15.9 Å². The molecule has 0 aromatic heterocycles. The van der Waals surface area contributed by atoms with Crippen molar-refractivity contribution in [2.24, 2.45) is 0 Å². The first kappa shape index (κ1) is 11.4. The van der Waals surface area contributed by atoms with Crippen molar-refractivity contribution in [1.82, 2.24) is 0 Å². The molecule has 0 bridgehead atoms. The lowest BCUT2D eigenvalue weighted by Crippen LogP contribution is -2.12. The fourth-order valence-electron chi connectivity index (χ4n) is 0.407. The summed E-state index contributed by atoms with van der Waals surface area (Å²) < 4.78 is 19.8. The quantitative estimate of drug-likeness (QED) is 0.381. The van der Waals surface area contributed by atoms with Gasteiger partial charge < -0.3 is 17.1 Å². The molecule has 0 rings (SSSR count). The van der Waals surface area contributed by atoms with E-state index in [1.807, 2.05) is 0 Å². The van der Waals surface area contributed by atoms with E-state index in [1.165, 1.54) is 0 Å². The third-order valence-corrected chi connectivity index (χ3v) is 1.69. The summed E-state index contributed by atoms with van der Waals surface area (Å²) in [6, 6.07) is 0. The zero-order valence-corrected chi connectivity index (χ0v) is 8.19. The van der Waals surface area contributed by atoms with Gasteiger partial charge in [-0.05, 0) is 0 Å². The van der Waals surface area contributed by atoms with Gasteiger partial charge in [-0.1, -0.05) is 0 Å². The SMILES string of the molecule is COCC[O][Al-][O]CCOC. The van der Waals surface area contributed by atoms with E-state index < -0.39 is 0 Å². The normalized spacial score (nSPS) is 10.4. The van der Waals surface area contributed by atoms with Crippen LogP contribution in [-0.4, -0.2) is 56.5 Å². The van der Waals surface area contributed by atoms with E-state index >= 15 is 0 Å². The second-order valence-corrected chi connectivity index (χ2v) is 2.68. The molecule has 0 saturated carbocycles. The fraction of sp³-hybridized carbons (Fsp3) is 1.00. The fourth-order valence-corrected chi connectivity index (χ4v) is 0.888. The van der Waals surface area contributed by atoms with Crippen LogP contribution in [0.1, 0.15) is 0 Å². The van der Waals surface area contributed by atoms with Gasteiger partial charge in [0, 0.05) is 27.4 Å². The van der Waals surface area contributed by atoms with Gasteiger partial charge in [-0.2, -0.15) is 0 Å². The maximum absolute atomic E-state index is 5.10. The van der Waals surface area contributed by atoms with Crippen molar-refractivity contribution in [3.8, 4) is 0 Å². The minimum Gasteiger partial charge on any atom is -0.677 e. The molecular formula is C6H14AlO4-. The Balaban J connectivity index is 2.69. The Kier molecular flexibility index (Phi) is 10.7. The van der Waals surface area contributed by atoms with Gasteiger partial charge in [0.15, 0.2) is 0 Å². The highest BCUT2D eigenvalue weighted by Gasteiger charge is 1.77. The zero-order chi connectivity index (χ0) is 8.36. The van der Waals surface area contributed by atoms with Crippen LogP contribution in [0.15, 0.2) is 0 Å². The van der Waals surface area contributed by atoms with E-state index in [2.05, 4.69) is 0 Å². The Labute approximate surface area is 74.1 Å². The molecule has 0 aliphatic carbocycles. The Morgan fingerprint density at radius 1 is 0.818 bits per heavy atom. The number of rotatable bonds is 8. The van der Waals surface area contributed by atoms with E-state index in [4.69, 9.17) is 17.1 Å². The Hall–Kier alpha value is 0.372. The molecule has 4 nitrogen and oxygen atoms in total. The molecule has 5 heteroatoms. The lowest BCUT2D eigenvalue weighted by molar-refractivity contribution is 0.110. The molecular weight excluding hydrogens is 163 g/mol. The predicted octanol–water partition coefficient (Wildman–Crippen LogP) is -0.153. The molecule has 0 amide bonds. The minimum atomic E-state index is -0.349. The molecule has 0 fully saturated rings. The maximum atomic E-state index is 5.10. The third kappa shape index (κ3) is 10.4. The van der Waals surface area contributed by atoms with Crippen LogP contribution in [0.4, 0.5) is 0 Å². The van der Waals surface area contributed by atoms with Crippen LogP contribution >= 0.6 is 0 Å². The van der Waals surface area contributed by atoms with Crippen LogP contribution in [0.25, 0.3) is 0 Å². The summed E-state index contributed by atoms with van der Waals surface area (Å²) in [4.78, 5) is 0. The van der Waals surface area contributed by atoms with Gasteiger partial charge in [-0.15, -0.1) is 0 Å².